The highest BCUT2D eigenvalue weighted by Gasteiger charge is 2.26. The van der Waals surface area contributed by atoms with Crippen LogP contribution >= 0.6 is 0 Å². The van der Waals surface area contributed by atoms with Gasteiger partial charge >= 0.3 is 0 Å². The normalized spacial score (nSPS) is 19.0. The number of aliphatic hydroxyl groups is 1. The maximum absolute atomic E-state index is 10.3. The number of likely N-dealkylation sites (tertiary alicyclic amines) is 1. The molecular formula is C18H26N4O3. The summed E-state index contributed by atoms with van der Waals surface area (Å²) < 4.78 is 13.0. The average Bonchev–Trinajstić information content (AvgIpc) is 3.28. The number of ether oxygens (including phenoxy) is 2. The Morgan fingerprint density at radius 1 is 1.24 bits per heavy atom. The van der Waals surface area contributed by atoms with E-state index in [2.05, 4.69) is 15.0 Å². The summed E-state index contributed by atoms with van der Waals surface area (Å²) in [4.78, 5) is 6.30. The first-order valence-electron chi connectivity index (χ1n) is 8.84. The SMILES string of the molecule is CCOc1ccc(OC[C@@H](O)CN2CCC[C@H]2Cn2cncn2)cc1. The highest BCUT2D eigenvalue weighted by Crippen LogP contribution is 2.20. The van der Waals surface area contributed by atoms with Gasteiger partial charge in [0.1, 0.15) is 36.9 Å². The van der Waals surface area contributed by atoms with Crippen LogP contribution in [0.25, 0.3) is 0 Å². The quantitative estimate of drug-likeness (QED) is 0.743. The molecule has 2 heterocycles. The zero-order chi connectivity index (χ0) is 17.5. The van der Waals surface area contributed by atoms with E-state index in [4.69, 9.17) is 9.47 Å². The molecule has 1 aromatic carbocycles. The van der Waals surface area contributed by atoms with Gasteiger partial charge in [-0.3, -0.25) is 9.58 Å². The van der Waals surface area contributed by atoms with Gasteiger partial charge in [-0.05, 0) is 50.6 Å². The molecule has 1 aliphatic heterocycles. The van der Waals surface area contributed by atoms with Gasteiger partial charge in [0.15, 0.2) is 0 Å². The molecule has 1 N–H and O–H groups in total. The third kappa shape index (κ3) is 5.17. The van der Waals surface area contributed by atoms with Crippen molar-refractivity contribution in [1.82, 2.24) is 19.7 Å². The van der Waals surface area contributed by atoms with Crippen LogP contribution in [-0.2, 0) is 6.54 Å². The second kappa shape index (κ2) is 8.82. The first kappa shape index (κ1) is 17.7. The lowest BCUT2D eigenvalue weighted by atomic mass is 10.2. The molecule has 136 valence electrons. The Morgan fingerprint density at radius 3 is 2.68 bits per heavy atom. The molecule has 1 saturated heterocycles. The predicted molar refractivity (Wildman–Crippen MR) is 93.7 cm³/mol. The lowest BCUT2D eigenvalue weighted by molar-refractivity contribution is 0.0609. The van der Waals surface area contributed by atoms with E-state index in [1.54, 1.807) is 12.7 Å². The van der Waals surface area contributed by atoms with E-state index < -0.39 is 6.10 Å². The van der Waals surface area contributed by atoms with E-state index >= 15 is 0 Å². The molecule has 0 aliphatic carbocycles. The van der Waals surface area contributed by atoms with Crippen molar-refractivity contribution in [3.8, 4) is 11.5 Å². The van der Waals surface area contributed by atoms with Crippen LogP contribution < -0.4 is 9.47 Å². The molecule has 0 spiro atoms. The minimum Gasteiger partial charge on any atom is -0.494 e. The molecule has 25 heavy (non-hydrogen) atoms. The Balaban J connectivity index is 1.44. The third-order valence-electron chi connectivity index (χ3n) is 4.39. The van der Waals surface area contributed by atoms with Crippen molar-refractivity contribution in [1.29, 1.82) is 0 Å². The van der Waals surface area contributed by atoms with Gasteiger partial charge < -0.3 is 14.6 Å². The fourth-order valence-electron chi connectivity index (χ4n) is 3.20. The van der Waals surface area contributed by atoms with E-state index in [0.29, 0.717) is 19.2 Å². The van der Waals surface area contributed by atoms with Crippen molar-refractivity contribution in [2.75, 3.05) is 26.3 Å². The van der Waals surface area contributed by atoms with E-state index in [1.165, 1.54) is 0 Å². The smallest absolute Gasteiger partial charge is 0.137 e. The van der Waals surface area contributed by atoms with Crippen LogP contribution in [0, 0.1) is 0 Å². The van der Waals surface area contributed by atoms with E-state index in [1.807, 2.05) is 35.9 Å². The lowest BCUT2D eigenvalue weighted by Gasteiger charge is -2.26. The number of hydrogen-bond acceptors (Lipinski definition) is 6. The topological polar surface area (TPSA) is 72.6 Å². The molecular weight excluding hydrogens is 320 g/mol. The molecule has 1 aromatic heterocycles. The molecule has 1 aliphatic rings. The molecule has 0 radical (unpaired) electrons. The summed E-state index contributed by atoms with van der Waals surface area (Å²) in [5.41, 5.74) is 0. The maximum atomic E-state index is 10.3. The van der Waals surface area contributed by atoms with Crippen molar-refractivity contribution in [2.45, 2.75) is 38.5 Å². The lowest BCUT2D eigenvalue weighted by Crippen LogP contribution is -2.40. The van der Waals surface area contributed by atoms with Crippen molar-refractivity contribution in [3.05, 3.63) is 36.9 Å². The summed E-state index contributed by atoms with van der Waals surface area (Å²) >= 11 is 0. The zero-order valence-corrected chi connectivity index (χ0v) is 14.6. The van der Waals surface area contributed by atoms with Gasteiger partial charge in [-0.15, -0.1) is 0 Å². The Hall–Kier alpha value is -2.12. The molecule has 2 atom stereocenters. The van der Waals surface area contributed by atoms with Crippen molar-refractivity contribution in [3.63, 3.8) is 0 Å². The molecule has 0 unspecified atom stereocenters. The molecule has 3 rings (SSSR count). The van der Waals surface area contributed by atoms with E-state index in [0.717, 1.165) is 37.4 Å². The molecule has 7 nitrogen and oxygen atoms in total. The average molecular weight is 346 g/mol. The summed E-state index contributed by atoms with van der Waals surface area (Å²) in [5, 5.41) is 14.5. The number of aliphatic hydroxyl groups excluding tert-OH is 1. The molecule has 7 heteroatoms. The standard InChI is InChI=1S/C18H26N4O3/c1-2-24-17-5-7-18(8-6-17)25-12-16(23)11-21-9-3-4-15(21)10-22-14-19-13-20-22/h5-8,13-16,23H,2-4,9-12H2,1H3/t15-,16-/m0/s1. The molecule has 2 aromatic rings. The number of rotatable bonds is 9. The monoisotopic (exact) mass is 346 g/mol. The molecule has 0 saturated carbocycles. The predicted octanol–water partition coefficient (Wildman–Crippen LogP) is 1.58. The van der Waals surface area contributed by atoms with Crippen LogP contribution in [0.4, 0.5) is 0 Å². The van der Waals surface area contributed by atoms with E-state index in [-0.39, 0.29) is 6.61 Å². The van der Waals surface area contributed by atoms with Gasteiger partial charge in [-0.25, -0.2) is 4.98 Å². The fourth-order valence-corrected chi connectivity index (χ4v) is 3.20. The first-order chi connectivity index (χ1) is 12.2. The molecule has 1 fully saturated rings. The van der Waals surface area contributed by atoms with Gasteiger partial charge in [-0.2, -0.15) is 5.10 Å². The Morgan fingerprint density at radius 2 is 2.00 bits per heavy atom. The highest BCUT2D eigenvalue weighted by molar-refractivity contribution is 5.31. The molecule has 0 bridgehead atoms. The molecule has 0 amide bonds. The number of hydrogen-bond donors (Lipinski definition) is 1. The number of β-amino-alcohol motifs (C(OH)–C–C–N with tert-alkyl or cyclic N) is 1. The Labute approximate surface area is 148 Å². The zero-order valence-electron chi connectivity index (χ0n) is 14.6. The van der Waals surface area contributed by atoms with Gasteiger partial charge in [-0.1, -0.05) is 0 Å². The Kier molecular flexibility index (Phi) is 6.25. The largest absolute Gasteiger partial charge is 0.494 e. The van der Waals surface area contributed by atoms with Crippen molar-refractivity contribution < 1.29 is 14.6 Å². The minimum atomic E-state index is -0.525. The van der Waals surface area contributed by atoms with Gasteiger partial charge in [0.05, 0.1) is 13.2 Å². The summed E-state index contributed by atoms with van der Waals surface area (Å²) in [6, 6.07) is 7.86. The van der Waals surface area contributed by atoms with Gasteiger partial charge in [0, 0.05) is 12.6 Å². The van der Waals surface area contributed by atoms with Crippen LogP contribution in [0.5, 0.6) is 11.5 Å². The van der Waals surface area contributed by atoms with E-state index in [9.17, 15) is 5.11 Å². The van der Waals surface area contributed by atoms with Crippen LogP contribution in [0.1, 0.15) is 19.8 Å². The summed E-state index contributed by atoms with van der Waals surface area (Å²) in [7, 11) is 0. The first-order valence-corrected chi connectivity index (χ1v) is 8.84. The van der Waals surface area contributed by atoms with Gasteiger partial charge in [0.2, 0.25) is 0 Å². The summed E-state index contributed by atoms with van der Waals surface area (Å²) in [6.07, 6.45) is 5.03. The maximum Gasteiger partial charge on any atom is 0.137 e. The number of nitrogens with zero attached hydrogens (tertiary/aromatic N) is 4. The Bertz CT molecular complexity index is 618. The highest BCUT2D eigenvalue weighted by atomic mass is 16.5. The van der Waals surface area contributed by atoms with Crippen molar-refractivity contribution in [2.24, 2.45) is 0 Å². The van der Waals surface area contributed by atoms with Crippen LogP contribution in [0.2, 0.25) is 0 Å². The minimum absolute atomic E-state index is 0.278. The van der Waals surface area contributed by atoms with Crippen molar-refractivity contribution >= 4 is 0 Å². The number of aromatic nitrogens is 3. The second-order valence-corrected chi connectivity index (χ2v) is 6.28. The van der Waals surface area contributed by atoms with Gasteiger partial charge in [0.25, 0.3) is 0 Å². The summed E-state index contributed by atoms with van der Waals surface area (Å²) in [6.45, 7) is 5.29. The van der Waals surface area contributed by atoms with Crippen LogP contribution in [-0.4, -0.2) is 63.2 Å². The summed E-state index contributed by atoms with van der Waals surface area (Å²) in [5.74, 6) is 1.56. The fraction of sp³-hybridized carbons (Fsp3) is 0.556. The third-order valence-corrected chi connectivity index (χ3v) is 4.39. The van der Waals surface area contributed by atoms with Crippen LogP contribution in [0.3, 0.4) is 0 Å². The van der Waals surface area contributed by atoms with Crippen LogP contribution in [0.15, 0.2) is 36.9 Å². The number of benzene rings is 1. The second-order valence-electron chi connectivity index (χ2n) is 6.28.